The van der Waals surface area contributed by atoms with Crippen LogP contribution in [-0.4, -0.2) is 17.8 Å². The molecule has 0 heterocycles. The zero-order valence-electron chi connectivity index (χ0n) is 13.0. The van der Waals surface area contributed by atoms with Crippen LogP contribution in [0, 0.1) is 11.3 Å². The largest absolute Gasteiger partial charge is 0.491 e. The van der Waals surface area contributed by atoms with Gasteiger partial charge in [-0.1, -0.05) is 30.3 Å². The second-order valence-corrected chi connectivity index (χ2v) is 5.56. The Labute approximate surface area is 142 Å². The SMILES string of the molecule is CC(COc1ccccc1)NC(=S)Nc1ccc(CC#N)cc1. The van der Waals surface area contributed by atoms with Crippen LogP contribution < -0.4 is 15.4 Å². The first-order valence-electron chi connectivity index (χ1n) is 7.38. The van der Waals surface area contributed by atoms with E-state index < -0.39 is 0 Å². The average molecular weight is 325 g/mol. The van der Waals surface area contributed by atoms with E-state index in [1.165, 1.54) is 0 Å². The van der Waals surface area contributed by atoms with Crippen molar-refractivity contribution in [3.05, 3.63) is 60.2 Å². The lowest BCUT2D eigenvalue weighted by Crippen LogP contribution is -2.39. The summed E-state index contributed by atoms with van der Waals surface area (Å²) >= 11 is 5.30. The number of nitrogens with zero attached hydrogens (tertiary/aromatic N) is 1. The molecule has 2 aromatic rings. The number of para-hydroxylation sites is 1. The van der Waals surface area contributed by atoms with Gasteiger partial charge in [0.05, 0.1) is 18.5 Å². The van der Waals surface area contributed by atoms with E-state index in [9.17, 15) is 0 Å². The minimum Gasteiger partial charge on any atom is -0.491 e. The van der Waals surface area contributed by atoms with Crippen LogP contribution in [0.15, 0.2) is 54.6 Å². The fourth-order valence-corrected chi connectivity index (χ4v) is 2.29. The summed E-state index contributed by atoms with van der Waals surface area (Å²) in [5.74, 6) is 0.841. The summed E-state index contributed by atoms with van der Waals surface area (Å²) in [6.07, 6.45) is 0.414. The van der Waals surface area contributed by atoms with Crippen molar-refractivity contribution < 1.29 is 4.74 Å². The highest BCUT2D eigenvalue weighted by Crippen LogP contribution is 2.10. The molecule has 0 spiro atoms. The predicted octanol–water partition coefficient (Wildman–Crippen LogP) is 3.51. The van der Waals surface area contributed by atoms with E-state index in [2.05, 4.69) is 16.7 Å². The topological polar surface area (TPSA) is 57.1 Å². The van der Waals surface area contributed by atoms with Crippen molar-refractivity contribution in [3.63, 3.8) is 0 Å². The summed E-state index contributed by atoms with van der Waals surface area (Å²) in [5.41, 5.74) is 1.88. The molecule has 0 aliphatic carbocycles. The van der Waals surface area contributed by atoms with Crippen LogP contribution in [0.2, 0.25) is 0 Å². The van der Waals surface area contributed by atoms with Gasteiger partial charge in [-0.15, -0.1) is 0 Å². The van der Waals surface area contributed by atoms with Crippen LogP contribution in [0.5, 0.6) is 5.75 Å². The normalized spacial score (nSPS) is 11.1. The van der Waals surface area contributed by atoms with Crippen LogP contribution in [-0.2, 0) is 6.42 Å². The molecule has 0 amide bonds. The monoisotopic (exact) mass is 325 g/mol. The number of anilines is 1. The first-order valence-corrected chi connectivity index (χ1v) is 7.79. The van der Waals surface area contributed by atoms with Gasteiger partial charge in [0, 0.05) is 5.69 Å². The standard InChI is InChI=1S/C18H19N3OS/c1-14(13-22-17-5-3-2-4-6-17)20-18(23)21-16-9-7-15(8-10-16)11-12-19/h2-10,14H,11,13H2,1H3,(H2,20,21,23). The van der Waals surface area contributed by atoms with Crippen molar-refractivity contribution in [1.29, 1.82) is 5.26 Å². The molecule has 0 saturated carbocycles. The Morgan fingerprint density at radius 3 is 2.52 bits per heavy atom. The highest BCUT2D eigenvalue weighted by atomic mass is 32.1. The highest BCUT2D eigenvalue weighted by molar-refractivity contribution is 7.80. The molecule has 5 heteroatoms. The zero-order valence-corrected chi connectivity index (χ0v) is 13.8. The van der Waals surface area contributed by atoms with Crippen molar-refractivity contribution in [1.82, 2.24) is 5.32 Å². The smallest absolute Gasteiger partial charge is 0.171 e. The molecular formula is C18H19N3OS. The van der Waals surface area contributed by atoms with Crippen molar-refractivity contribution in [2.24, 2.45) is 0 Å². The molecule has 4 nitrogen and oxygen atoms in total. The molecule has 1 atom stereocenters. The molecule has 23 heavy (non-hydrogen) atoms. The van der Waals surface area contributed by atoms with Crippen molar-refractivity contribution in [2.75, 3.05) is 11.9 Å². The average Bonchev–Trinajstić information content (AvgIpc) is 2.56. The Hall–Kier alpha value is -2.58. The van der Waals surface area contributed by atoms with Crippen LogP contribution in [0.3, 0.4) is 0 Å². The minimum atomic E-state index is 0.0769. The maximum absolute atomic E-state index is 8.66. The zero-order chi connectivity index (χ0) is 16.5. The van der Waals surface area contributed by atoms with Gasteiger partial charge < -0.3 is 15.4 Å². The number of hydrogen-bond donors (Lipinski definition) is 2. The van der Waals surface area contributed by atoms with Gasteiger partial charge in [0.15, 0.2) is 5.11 Å². The molecule has 0 aliphatic rings. The lowest BCUT2D eigenvalue weighted by molar-refractivity contribution is 0.287. The summed E-state index contributed by atoms with van der Waals surface area (Å²) < 4.78 is 5.68. The van der Waals surface area contributed by atoms with Gasteiger partial charge in [0.1, 0.15) is 12.4 Å². The molecule has 0 saturated heterocycles. The summed E-state index contributed by atoms with van der Waals surface area (Å²) in [4.78, 5) is 0. The minimum absolute atomic E-state index is 0.0769. The van der Waals surface area contributed by atoms with Crippen molar-refractivity contribution >= 4 is 23.0 Å². The number of ether oxygens (including phenoxy) is 1. The second-order valence-electron chi connectivity index (χ2n) is 5.16. The summed E-state index contributed by atoms with van der Waals surface area (Å²) in [5, 5.41) is 15.5. The first-order chi connectivity index (χ1) is 11.2. The number of benzene rings is 2. The van der Waals surface area contributed by atoms with E-state index >= 15 is 0 Å². The molecule has 0 aliphatic heterocycles. The predicted molar refractivity (Wildman–Crippen MR) is 96.5 cm³/mol. The van der Waals surface area contributed by atoms with E-state index in [0.717, 1.165) is 17.0 Å². The van der Waals surface area contributed by atoms with E-state index in [1.54, 1.807) is 0 Å². The van der Waals surface area contributed by atoms with E-state index in [0.29, 0.717) is 18.1 Å². The molecule has 1 unspecified atom stereocenters. The molecule has 2 aromatic carbocycles. The Balaban J connectivity index is 1.76. The third-order valence-electron chi connectivity index (χ3n) is 3.12. The Morgan fingerprint density at radius 1 is 1.17 bits per heavy atom. The summed E-state index contributed by atoms with van der Waals surface area (Å²) in [7, 11) is 0. The Bertz CT molecular complexity index is 665. The maximum atomic E-state index is 8.66. The van der Waals surface area contributed by atoms with Crippen LogP contribution >= 0.6 is 12.2 Å². The van der Waals surface area contributed by atoms with Gasteiger partial charge in [-0.3, -0.25) is 0 Å². The lowest BCUT2D eigenvalue weighted by atomic mass is 10.1. The highest BCUT2D eigenvalue weighted by Gasteiger charge is 2.05. The summed E-state index contributed by atoms with van der Waals surface area (Å²) in [6.45, 7) is 2.53. The van der Waals surface area contributed by atoms with E-state index in [1.807, 2.05) is 61.5 Å². The second kappa shape index (κ2) is 8.76. The number of nitrogens with one attached hydrogen (secondary N) is 2. The number of rotatable bonds is 6. The molecule has 0 radical (unpaired) electrons. The van der Waals surface area contributed by atoms with E-state index in [4.69, 9.17) is 22.2 Å². The first kappa shape index (κ1) is 16.8. The third kappa shape index (κ3) is 5.97. The molecule has 2 rings (SSSR count). The van der Waals surface area contributed by atoms with Crippen LogP contribution in [0.1, 0.15) is 12.5 Å². The molecule has 2 N–H and O–H groups in total. The van der Waals surface area contributed by atoms with Gasteiger partial charge in [-0.05, 0) is 49.0 Å². The fourth-order valence-electron chi connectivity index (χ4n) is 1.97. The fraction of sp³-hybridized carbons (Fsp3) is 0.222. The van der Waals surface area contributed by atoms with Gasteiger partial charge in [0.2, 0.25) is 0 Å². The van der Waals surface area contributed by atoms with Crippen molar-refractivity contribution in [2.45, 2.75) is 19.4 Å². The van der Waals surface area contributed by atoms with Crippen molar-refractivity contribution in [3.8, 4) is 11.8 Å². The quantitative estimate of drug-likeness (QED) is 0.796. The Kier molecular flexibility index (Phi) is 6.40. The van der Waals surface area contributed by atoms with Gasteiger partial charge in [0.25, 0.3) is 0 Å². The third-order valence-corrected chi connectivity index (χ3v) is 3.34. The number of nitriles is 1. The molecular weight excluding hydrogens is 306 g/mol. The number of thiocarbonyl (C=S) groups is 1. The van der Waals surface area contributed by atoms with Gasteiger partial charge in [-0.25, -0.2) is 0 Å². The van der Waals surface area contributed by atoms with Crippen LogP contribution in [0.25, 0.3) is 0 Å². The van der Waals surface area contributed by atoms with Gasteiger partial charge in [-0.2, -0.15) is 5.26 Å². The number of hydrogen-bond acceptors (Lipinski definition) is 3. The molecule has 118 valence electrons. The van der Waals surface area contributed by atoms with Gasteiger partial charge >= 0.3 is 0 Å². The van der Waals surface area contributed by atoms with Crippen LogP contribution in [0.4, 0.5) is 5.69 Å². The van der Waals surface area contributed by atoms with E-state index in [-0.39, 0.29) is 6.04 Å². The Morgan fingerprint density at radius 2 is 1.87 bits per heavy atom. The molecule has 0 aromatic heterocycles. The molecule has 0 fully saturated rings. The summed E-state index contributed by atoms with van der Waals surface area (Å²) in [6, 6.07) is 19.5. The molecule has 0 bridgehead atoms. The maximum Gasteiger partial charge on any atom is 0.171 e. The lowest BCUT2D eigenvalue weighted by Gasteiger charge is -2.17.